The van der Waals surface area contributed by atoms with E-state index in [1.54, 1.807) is 14.2 Å². The maximum atomic E-state index is 5.43. The van der Waals surface area contributed by atoms with Crippen molar-refractivity contribution in [2.75, 3.05) is 26.2 Å². The molecule has 4 heteroatoms. The fourth-order valence-corrected chi connectivity index (χ4v) is 2.01. The zero-order valence-electron chi connectivity index (χ0n) is 10.8. The third-order valence-corrected chi connectivity index (χ3v) is 3.20. The normalized spacial score (nSPS) is 11.4. The summed E-state index contributed by atoms with van der Waals surface area (Å²) < 4.78 is 10.6. The lowest BCUT2D eigenvalue weighted by Gasteiger charge is -2.27. The molecule has 96 valence electrons. The van der Waals surface area contributed by atoms with Gasteiger partial charge in [-0.05, 0) is 6.07 Å². The Bertz CT molecular complexity index is 366. The fraction of sp³-hybridized carbons (Fsp3) is 0.538. The summed E-state index contributed by atoms with van der Waals surface area (Å²) in [5, 5.41) is 3.30. The first kappa shape index (κ1) is 14.3. The van der Waals surface area contributed by atoms with E-state index in [0.29, 0.717) is 0 Å². The van der Waals surface area contributed by atoms with Crippen molar-refractivity contribution in [3.8, 4) is 11.5 Å². The van der Waals surface area contributed by atoms with Crippen LogP contribution in [0.15, 0.2) is 18.2 Å². The molecule has 1 N–H and O–H groups in total. The molecule has 0 saturated heterocycles. The number of ether oxygens (including phenoxy) is 2. The van der Waals surface area contributed by atoms with Crippen molar-refractivity contribution in [2.45, 2.75) is 19.3 Å². The molecular weight excluding hydrogens is 282 g/mol. The Kier molecular flexibility index (Phi) is 5.28. The second-order valence-corrected chi connectivity index (χ2v) is 5.07. The number of hydrogen-bond donors (Lipinski definition) is 1. The van der Waals surface area contributed by atoms with Gasteiger partial charge in [0.05, 0.1) is 19.7 Å². The summed E-state index contributed by atoms with van der Waals surface area (Å²) in [5.74, 6) is 1.68. The minimum atomic E-state index is 0.00534. The van der Waals surface area contributed by atoms with Gasteiger partial charge in [-0.25, -0.2) is 0 Å². The zero-order valence-corrected chi connectivity index (χ0v) is 12.4. The Hall–Kier alpha value is -0.740. The van der Waals surface area contributed by atoms with Crippen molar-refractivity contribution in [1.29, 1.82) is 0 Å². The lowest BCUT2D eigenvalue weighted by Crippen LogP contribution is -2.32. The van der Waals surface area contributed by atoms with Gasteiger partial charge in [-0.3, -0.25) is 0 Å². The van der Waals surface area contributed by atoms with E-state index < -0.39 is 0 Å². The Balaban J connectivity index is 3.03. The zero-order chi connectivity index (χ0) is 12.9. The molecule has 0 heterocycles. The molecule has 3 nitrogen and oxygen atoms in total. The maximum Gasteiger partial charge on any atom is 0.126 e. The highest BCUT2D eigenvalue weighted by molar-refractivity contribution is 9.09. The van der Waals surface area contributed by atoms with Crippen molar-refractivity contribution in [3.05, 3.63) is 23.8 Å². The molecule has 0 saturated carbocycles. The smallest absolute Gasteiger partial charge is 0.126 e. The van der Waals surface area contributed by atoms with Crippen LogP contribution >= 0.6 is 15.9 Å². The highest BCUT2D eigenvalue weighted by Crippen LogP contribution is 2.34. The fourth-order valence-electron chi connectivity index (χ4n) is 1.81. The second-order valence-electron chi connectivity index (χ2n) is 4.51. The van der Waals surface area contributed by atoms with Gasteiger partial charge in [0.1, 0.15) is 11.5 Å². The number of benzene rings is 1. The van der Waals surface area contributed by atoms with E-state index in [4.69, 9.17) is 9.47 Å². The van der Waals surface area contributed by atoms with Crippen molar-refractivity contribution >= 4 is 15.9 Å². The number of hydrogen-bond acceptors (Lipinski definition) is 3. The number of rotatable bonds is 6. The molecule has 0 aliphatic carbocycles. The van der Waals surface area contributed by atoms with Crippen LogP contribution in [0.3, 0.4) is 0 Å². The van der Waals surface area contributed by atoms with Gasteiger partial charge in [0.25, 0.3) is 0 Å². The molecule has 0 aliphatic rings. The number of nitrogens with one attached hydrogen (secondary N) is 1. The van der Waals surface area contributed by atoms with Crippen LogP contribution in [0.5, 0.6) is 11.5 Å². The molecule has 1 aromatic rings. The molecule has 17 heavy (non-hydrogen) atoms. The Morgan fingerprint density at radius 2 is 1.94 bits per heavy atom. The van der Waals surface area contributed by atoms with E-state index in [1.165, 1.54) is 5.56 Å². The van der Waals surface area contributed by atoms with E-state index >= 15 is 0 Å². The van der Waals surface area contributed by atoms with Gasteiger partial charge >= 0.3 is 0 Å². The van der Waals surface area contributed by atoms with Crippen LogP contribution in [0.1, 0.15) is 19.4 Å². The summed E-state index contributed by atoms with van der Waals surface area (Å²) in [6, 6.07) is 5.95. The molecule has 0 amide bonds. The lowest BCUT2D eigenvalue weighted by molar-refractivity contribution is 0.376. The van der Waals surface area contributed by atoms with E-state index in [1.807, 2.05) is 12.1 Å². The van der Waals surface area contributed by atoms with Gasteiger partial charge < -0.3 is 14.8 Å². The van der Waals surface area contributed by atoms with E-state index in [2.05, 4.69) is 41.2 Å². The molecule has 1 rings (SSSR count). The quantitative estimate of drug-likeness (QED) is 0.647. The minimum absolute atomic E-state index is 0.00534. The summed E-state index contributed by atoms with van der Waals surface area (Å²) in [7, 11) is 3.35. The number of methoxy groups -OCH3 is 2. The molecule has 0 unspecified atom stereocenters. The van der Waals surface area contributed by atoms with E-state index in [9.17, 15) is 0 Å². The van der Waals surface area contributed by atoms with Crippen LogP contribution in [0.2, 0.25) is 0 Å². The third-order valence-electron chi connectivity index (χ3n) is 2.80. The van der Waals surface area contributed by atoms with Crippen LogP contribution in [-0.2, 0) is 5.41 Å². The standard InChI is InChI=1S/C13H20BrNO2/c1-13(2,8-15-9-14)11-6-5-10(16-3)7-12(11)17-4/h5-7,15H,8-9H2,1-4H3. The molecular formula is C13H20BrNO2. The largest absolute Gasteiger partial charge is 0.497 e. The second kappa shape index (κ2) is 6.26. The van der Waals surface area contributed by atoms with Crippen molar-refractivity contribution in [2.24, 2.45) is 0 Å². The first-order valence-electron chi connectivity index (χ1n) is 5.54. The first-order chi connectivity index (χ1) is 8.05. The summed E-state index contributed by atoms with van der Waals surface area (Å²) in [4.78, 5) is 0. The van der Waals surface area contributed by atoms with Gasteiger partial charge in [-0.1, -0.05) is 35.8 Å². The van der Waals surface area contributed by atoms with Crippen molar-refractivity contribution in [3.63, 3.8) is 0 Å². The van der Waals surface area contributed by atoms with Crippen LogP contribution < -0.4 is 14.8 Å². The molecule has 0 atom stereocenters. The van der Waals surface area contributed by atoms with Gasteiger partial charge in [-0.2, -0.15) is 0 Å². The van der Waals surface area contributed by atoms with Gasteiger partial charge in [0, 0.05) is 23.6 Å². The van der Waals surface area contributed by atoms with Crippen LogP contribution in [0.25, 0.3) is 0 Å². The summed E-state index contributed by atoms with van der Waals surface area (Å²) in [6.07, 6.45) is 0. The summed E-state index contributed by atoms with van der Waals surface area (Å²) >= 11 is 3.37. The van der Waals surface area contributed by atoms with Crippen LogP contribution in [0, 0.1) is 0 Å². The predicted octanol–water partition coefficient (Wildman–Crippen LogP) is 2.92. The molecule has 1 aromatic carbocycles. The first-order valence-corrected chi connectivity index (χ1v) is 6.66. The average Bonchev–Trinajstić information content (AvgIpc) is 2.35. The maximum absolute atomic E-state index is 5.43. The molecule has 0 radical (unpaired) electrons. The predicted molar refractivity (Wildman–Crippen MR) is 74.4 cm³/mol. The van der Waals surface area contributed by atoms with Gasteiger partial charge in [-0.15, -0.1) is 0 Å². The Labute approximate surface area is 112 Å². The van der Waals surface area contributed by atoms with E-state index in [0.717, 1.165) is 23.5 Å². The molecule has 0 aliphatic heterocycles. The molecule has 0 spiro atoms. The summed E-state index contributed by atoms with van der Waals surface area (Å²) in [6.45, 7) is 5.25. The van der Waals surface area contributed by atoms with Crippen molar-refractivity contribution in [1.82, 2.24) is 5.32 Å². The minimum Gasteiger partial charge on any atom is -0.497 e. The topological polar surface area (TPSA) is 30.5 Å². The van der Waals surface area contributed by atoms with Crippen molar-refractivity contribution < 1.29 is 9.47 Å². The van der Waals surface area contributed by atoms with Gasteiger partial charge in [0.15, 0.2) is 0 Å². The molecule has 0 fully saturated rings. The van der Waals surface area contributed by atoms with E-state index in [-0.39, 0.29) is 5.41 Å². The highest BCUT2D eigenvalue weighted by Gasteiger charge is 2.24. The van der Waals surface area contributed by atoms with Crippen LogP contribution in [-0.4, -0.2) is 26.2 Å². The average molecular weight is 302 g/mol. The number of alkyl halides is 1. The van der Waals surface area contributed by atoms with Gasteiger partial charge in [0.2, 0.25) is 0 Å². The molecule has 0 bridgehead atoms. The Morgan fingerprint density at radius 3 is 2.47 bits per heavy atom. The summed E-state index contributed by atoms with van der Waals surface area (Å²) in [5.41, 5.74) is 1.97. The molecule has 0 aromatic heterocycles. The van der Waals surface area contributed by atoms with Crippen LogP contribution in [0.4, 0.5) is 0 Å². The highest BCUT2D eigenvalue weighted by atomic mass is 79.9. The number of halogens is 1. The Morgan fingerprint density at radius 1 is 1.24 bits per heavy atom. The third kappa shape index (κ3) is 3.61. The SMILES string of the molecule is COc1ccc(C(C)(C)CNCBr)c(OC)c1. The lowest BCUT2D eigenvalue weighted by atomic mass is 9.84. The monoisotopic (exact) mass is 301 g/mol.